The molecule has 0 radical (unpaired) electrons. The van der Waals surface area contributed by atoms with Gasteiger partial charge in [0.1, 0.15) is 11.5 Å². The van der Waals surface area contributed by atoms with Crippen LogP contribution in [0.25, 0.3) is 11.3 Å². The summed E-state index contributed by atoms with van der Waals surface area (Å²) in [6.45, 7) is -0.475. The first-order chi connectivity index (χ1) is 15.3. The third-order valence-corrected chi connectivity index (χ3v) is 4.45. The van der Waals surface area contributed by atoms with Gasteiger partial charge in [-0.15, -0.1) is 0 Å². The highest BCUT2D eigenvalue weighted by Crippen LogP contribution is 2.35. The fourth-order valence-corrected chi connectivity index (χ4v) is 2.85. The van der Waals surface area contributed by atoms with Crippen molar-refractivity contribution < 1.29 is 27.4 Å². The number of halogens is 3. The number of ether oxygens (including phenoxy) is 2. The minimum absolute atomic E-state index is 0.0437. The average molecular weight is 447 g/mol. The molecule has 168 valence electrons. The van der Waals surface area contributed by atoms with Crippen LogP contribution in [0.1, 0.15) is 5.56 Å². The number of methoxy groups -OCH3 is 1. The molecule has 0 fully saturated rings. The van der Waals surface area contributed by atoms with Crippen molar-refractivity contribution in [3.05, 3.63) is 76.6 Å². The van der Waals surface area contributed by atoms with Gasteiger partial charge in [-0.3, -0.25) is 9.59 Å². The van der Waals surface area contributed by atoms with E-state index in [9.17, 15) is 22.8 Å². The average Bonchev–Trinajstić information content (AvgIpc) is 2.78. The molecule has 3 aromatic rings. The maximum absolute atomic E-state index is 13.0. The minimum atomic E-state index is -4.59. The van der Waals surface area contributed by atoms with E-state index in [0.29, 0.717) is 11.4 Å². The van der Waals surface area contributed by atoms with Crippen LogP contribution in [0, 0.1) is 0 Å². The summed E-state index contributed by atoms with van der Waals surface area (Å²) in [6.07, 6.45) is -4.59. The normalized spacial score (nSPS) is 11.1. The van der Waals surface area contributed by atoms with Gasteiger partial charge in [0.2, 0.25) is 0 Å². The van der Waals surface area contributed by atoms with E-state index in [4.69, 9.17) is 9.47 Å². The SMILES string of the molecule is COc1ccc(-c2ccc(=O)n(CCNC(=O)COc3ccccc3C(F)(F)F)n2)cc1. The highest BCUT2D eigenvalue weighted by molar-refractivity contribution is 5.77. The van der Waals surface area contributed by atoms with Crippen molar-refractivity contribution in [2.75, 3.05) is 20.3 Å². The number of amides is 1. The number of nitrogens with one attached hydrogen (secondary N) is 1. The van der Waals surface area contributed by atoms with Crippen LogP contribution >= 0.6 is 0 Å². The molecule has 0 aliphatic carbocycles. The summed E-state index contributed by atoms with van der Waals surface area (Å²) in [5.41, 5.74) is 0.0248. The van der Waals surface area contributed by atoms with E-state index in [1.807, 2.05) is 0 Å². The van der Waals surface area contributed by atoms with Crippen molar-refractivity contribution in [3.8, 4) is 22.8 Å². The molecule has 0 bridgehead atoms. The highest BCUT2D eigenvalue weighted by Gasteiger charge is 2.34. The molecule has 0 saturated heterocycles. The van der Waals surface area contributed by atoms with Crippen LogP contribution in [0.3, 0.4) is 0 Å². The Kier molecular flexibility index (Phi) is 7.14. The van der Waals surface area contributed by atoms with Crippen LogP contribution in [0.15, 0.2) is 65.5 Å². The number of alkyl halides is 3. The standard InChI is InChI=1S/C22H20F3N3O4/c1-31-16-8-6-15(7-9-16)18-10-11-21(30)28(27-18)13-12-26-20(29)14-32-19-5-3-2-4-17(19)22(23,24)25/h2-11H,12-14H2,1H3,(H,26,29). The summed E-state index contributed by atoms with van der Waals surface area (Å²) in [7, 11) is 1.56. The van der Waals surface area contributed by atoms with Crippen molar-refractivity contribution in [3.63, 3.8) is 0 Å². The third kappa shape index (κ3) is 5.87. The first-order valence-corrected chi connectivity index (χ1v) is 9.56. The number of aromatic nitrogens is 2. The molecule has 1 aromatic heterocycles. The molecule has 10 heteroatoms. The number of hydrogen-bond donors (Lipinski definition) is 1. The quantitative estimate of drug-likeness (QED) is 0.574. The van der Waals surface area contributed by atoms with Crippen molar-refractivity contribution in [2.24, 2.45) is 0 Å². The smallest absolute Gasteiger partial charge is 0.419 e. The molecule has 0 saturated carbocycles. The van der Waals surface area contributed by atoms with E-state index in [-0.39, 0.29) is 18.6 Å². The van der Waals surface area contributed by atoms with Gasteiger partial charge in [0, 0.05) is 18.2 Å². The number of carbonyl (C=O) groups is 1. The van der Waals surface area contributed by atoms with Gasteiger partial charge in [-0.2, -0.15) is 18.3 Å². The van der Waals surface area contributed by atoms with Crippen molar-refractivity contribution in [2.45, 2.75) is 12.7 Å². The van der Waals surface area contributed by atoms with Gasteiger partial charge in [-0.25, -0.2) is 4.68 Å². The number of rotatable bonds is 8. The van der Waals surface area contributed by atoms with Crippen LogP contribution in [0.5, 0.6) is 11.5 Å². The van der Waals surface area contributed by atoms with Crippen molar-refractivity contribution >= 4 is 5.91 Å². The molecule has 1 amide bonds. The lowest BCUT2D eigenvalue weighted by atomic mass is 10.1. The molecule has 0 unspecified atom stereocenters. The van der Waals surface area contributed by atoms with Gasteiger partial charge in [-0.05, 0) is 42.5 Å². The largest absolute Gasteiger partial charge is 0.497 e. The molecule has 1 heterocycles. The predicted octanol–water partition coefficient (Wildman–Crippen LogP) is 3.13. The van der Waals surface area contributed by atoms with Gasteiger partial charge >= 0.3 is 6.18 Å². The summed E-state index contributed by atoms with van der Waals surface area (Å²) in [5.74, 6) is -0.369. The van der Waals surface area contributed by atoms with Gasteiger partial charge in [0.05, 0.1) is 24.9 Å². The summed E-state index contributed by atoms with van der Waals surface area (Å²) in [5, 5.41) is 6.78. The van der Waals surface area contributed by atoms with E-state index in [1.165, 1.54) is 22.9 Å². The molecule has 2 aromatic carbocycles. The molecule has 0 spiro atoms. The zero-order valence-corrected chi connectivity index (χ0v) is 17.1. The second kappa shape index (κ2) is 9.99. The maximum Gasteiger partial charge on any atom is 0.419 e. The Labute approximate surface area is 181 Å². The van der Waals surface area contributed by atoms with Crippen LogP contribution in [-0.4, -0.2) is 35.9 Å². The van der Waals surface area contributed by atoms with Crippen LogP contribution < -0.4 is 20.3 Å². The first-order valence-electron chi connectivity index (χ1n) is 9.56. The highest BCUT2D eigenvalue weighted by atomic mass is 19.4. The molecule has 0 aliphatic heterocycles. The number of para-hydroxylation sites is 1. The van der Waals surface area contributed by atoms with E-state index in [0.717, 1.165) is 17.7 Å². The number of benzene rings is 2. The topological polar surface area (TPSA) is 82.5 Å². The second-order valence-corrected chi connectivity index (χ2v) is 6.64. The molecule has 1 N–H and O–H groups in total. The zero-order valence-electron chi connectivity index (χ0n) is 17.1. The molecule has 3 rings (SSSR count). The van der Waals surface area contributed by atoms with Gasteiger partial charge in [0.25, 0.3) is 11.5 Å². The summed E-state index contributed by atoms with van der Waals surface area (Å²) in [4.78, 5) is 24.0. The van der Waals surface area contributed by atoms with E-state index >= 15 is 0 Å². The predicted molar refractivity (Wildman–Crippen MR) is 110 cm³/mol. The van der Waals surface area contributed by atoms with E-state index in [1.54, 1.807) is 37.4 Å². The minimum Gasteiger partial charge on any atom is -0.497 e. The van der Waals surface area contributed by atoms with Gasteiger partial charge in [0.15, 0.2) is 6.61 Å². The third-order valence-electron chi connectivity index (χ3n) is 4.45. The Balaban J connectivity index is 1.56. The molecule has 32 heavy (non-hydrogen) atoms. The van der Waals surface area contributed by atoms with Gasteiger partial charge < -0.3 is 14.8 Å². The first kappa shape index (κ1) is 22.9. The Morgan fingerprint density at radius 3 is 2.47 bits per heavy atom. The second-order valence-electron chi connectivity index (χ2n) is 6.64. The fraction of sp³-hybridized carbons (Fsp3) is 0.227. The number of nitrogens with zero attached hydrogens (tertiary/aromatic N) is 2. The maximum atomic E-state index is 13.0. The summed E-state index contributed by atoms with van der Waals surface area (Å²) >= 11 is 0. The monoisotopic (exact) mass is 447 g/mol. The Morgan fingerprint density at radius 2 is 1.78 bits per heavy atom. The Morgan fingerprint density at radius 1 is 1.06 bits per heavy atom. The number of hydrogen-bond acceptors (Lipinski definition) is 5. The lowest BCUT2D eigenvalue weighted by Crippen LogP contribution is -2.34. The lowest BCUT2D eigenvalue weighted by molar-refractivity contribution is -0.139. The van der Waals surface area contributed by atoms with Gasteiger partial charge in [-0.1, -0.05) is 12.1 Å². The zero-order chi connectivity index (χ0) is 23.1. The Hall–Kier alpha value is -3.82. The molecular weight excluding hydrogens is 427 g/mol. The van der Waals surface area contributed by atoms with Crippen LogP contribution in [-0.2, 0) is 17.5 Å². The van der Waals surface area contributed by atoms with E-state index in [2.05, 4.69) is 10.4 Å². The Bertz CT molecular complexity index is 1130. The fourth-order valence-electron chi connectivity index (χ4n) is 2.85. The molecular formula is C22H20F3N3O4. The lowest BCUT2D eigenvalue weighted by Gasteiger charge is -2.13. The van der Waals surface area contributed by atoms with Crippen molar-refractivity contribution in [1.29, 1.82) is 0 Å². The van der Waals surface area contributed by atoms with Crippen LogP contribution in [0.4, 0.5) is 13.2 Å². The van der Waals surface area contributed by atoms with Crippen LogP contribution in [0.2, 0.25) is 0 Å². The summed E-state index contributed by atoms with van der Waals surface area (Å²) in [6, 6.07) is 14.7. The molecule has 0 atom stereocenters. The summed E-state index contributed by atoms with van der Waals surface area (Å²) < 4.78 is 50.2. The van der Waals surface area contributed by atoms with Crippen molar-refractivity contribution in [1.82, 2.24) is 15.1 Å². The number of carbonyl (C=O) groups excluding carboxylic acids is 1. The molecule has 0 aliphatic rings. The van der Waals surface area contributed by atoms with E-state index < -0.39 is 30.0 Å². The molecule has 7 nitrogen and oxygen atoms in total.